The van der Waals surface area contributed by atoms with Gasteiger partial charge in [-0.3, -0.25) is 0 Å². The highest BCUT2D eigenvalue weighted by atomic mass is 16.7. The summed E-state index contributed by atoms with van der Waals surface area (Å²) < 4.78 is 10.2. The van der Waals surface area contributed by atoms with Crippen molar-refractivity contribution < 1.29 is 14.3 Å². The van der Waals surface area contributed by atoms with E-state index in [1.165, 1.54) is 0 Å². The molecule has 0 bridgehead atoms. The smallest absolute Gasteiger partial charge is 0.347 e. The van der Waals surface area contributed by atoms with E-state index in [-0.39, 0.29) is 6.61 Å². The molecule has 2 unspecified atom stereocenters. The predicted molar refractivity (Wildman–Crippen MR) is 55.2 cm³/mol. The maximum Gasteiger partial charge on any atom is 0.347 e. The molecule has 0 aliphatic carbocycles. The van der Waals surface area contributed by atoms with Gasteiger partial charge in [0, 0.05) is 0 Å². The average Bonchev–Trinajstić information content (AvgIpc) is 3.06. The van der Waals surface area contributed by atoms with Gasteiger partial charge in [0.1, 0.15) is 0 Å². The van der Waals surface area contributed by atoms with Crippen molar-refractivity contribution in [1.29, 1.82) is 5.26 Å². The van der Waals surface area contributed by atoms with E-state index in [2.05, 4.69) is 0 Å². The molecule has 4 nitrogen and oxygen atoms in total. The van der Waals surface area contributed by atoms with Crippen LogP contribution in [0, 0.1) is 11.3 Å². The Bertz CT molecular complexity index is 437. The van der Waals surface area contributed by atoms with Crippen molar-refractivity contribution in [2.24, 2.45) is 0 Å². The molecule has 0 aromatic heterocycles. The van der Waals surface area contributed by atoms with Crippen molar-refractivity contribution >= 4 is 5.97 Å². The van der Waals surface area contributed by atoms with Gasteiger partial charge in [0.15, 0.2) is 6.10 Å². The minimum Gasteiger partial charge on any atom is -0.463 e. The van der Waals surface area contributed by atoms with Crippen LogP contribution in [0.25, 0.3) is 0 Å². The Morgan fingerprint density at radius 2 is 2.25 bits per heavy atom. The molecule has 1 aromatic rings. The van der Waals surface area contributed by atoms with E-state index in [4.69, 9.17) is 14.7 Å². The van der Waals surface area contributed by atoms with Gasteiger partial charge in [0.25, 0.3) is 0 Å². The van der Waals surface area contributed by atoms with E-state index in [9.17, 15) is 4.79 Å². The first-order valence-electron chi connectivity index (χ1n) is 5.06. The largest absolute Gasteiger partial charge is 0.463 e. The van der Waals surface area contributed by atoms with E-state index in [0.717, 1.165) is 0 Å². The lowest BCUT2D eigenvalue weighted by molar-refractivity contribution is -0.149. The molecule has 82 valence electrons. The minimum atomic E-state index is -1.20. The van der Waals surface area contributed by atoms with E-state index < -0.39 is 17.7 Å². The second-order valence-corrected chi connectivity index (χ2v) is 3.45. The number of epoxide rings is 1. The van der Waals surface area contributed by atoms with Crippen LogP contribution in [0.3, 0.4) is 0 Å². The molecule has 0 N–H and O–H groups in total. The van der Waals surface area contributed by atoms with Gasteiger partial charge in [0.2, 0.25) is 5.60 Å². The maximum atomic E-state index is 11.8. The molecule has 1 heterocycles. The SMILES string of the molecule is CCOC(=O)C1(c2ccccc2)OC1C#N. The second-order valence-electron chi connectivity index (χ2n) is 3.45. The topological polar surface area (TPSA) is 62.6 Å². The molecule has 1 aliphatic rings. The van der Waals surface area contributed by atoms with Crippen LogP contribution in [-0.4, -0.2) is 18.7 Å². The van der Waals surface area contributed by atoms with Crippen LogP contribution in [0.4, 0.5) is 0 Å². The van der Waals surface area contributed by atoms with Crippen molar-refractivity contribution in [3.63, 3.8) is 0 Å². The monoisotopic (exact) mass is 217 g/mol. The number of nitrogens with zero attached hydrogens (tertiary/aromatic N) is 1. The summed E-state index contributed by atoms with van der Waals surface area (Å²) in [4.78, 5) is 11.8. The number of benzene rings is 1. The van der Waals surface area contributed by atoms with E-state index in [1.54, 1.807) is 31.2 Å². The van der Waals surface area contributed by atoms with Crippen molar-refractivity contribution in [1.82, 2.24) is 0 Å². The zero-order valence-electron chi connectivity index (χ0n) is 8.84. The molecule has 2 rings (SSSR count). The van der Waals surface area contributed by atoms with Gasteiger partial charge in [-0.1, -0.05) is 30.3 Å². The van der Waals surface area contributed by atoms with E-state index in [1.807, 2.05) is 12.1 Å². The highest BCUT2D eigenvalue weighted by Gasteiger charge is 2.66. The van der Waals surface area contributed by atoms with Crippen molar-refractivity contribution in [3.05, 3.63) is 35.9 Å². The molecule has 1 fully saturated rings. The molecule has 0 radical (unpaired) electrons. The third-order valence-electron chi connectivity index (χ3n) is 2.51. The third-order valence-corrected chi connectivity index (χ3v) is 2.51. The van der Waals surface area contributed by atoms with Gasteiger partial charge < -0.3 is 9.47 Å². The quantitative estimate of drug-likeness (QED) is 0.566. The number of hydrogen-bond acceptors (Lipinski definition) is 4. The van der Waals surface area contributed by atoms with Crippen LogP contribution in [-0.2, 0) is 19.9 Å². The molecule has 0 saturated carbocycles. The summed E-state index contributed by atoms with van der Waals surface area (Å²) >= 11 is 0. The molecule has 16 heavy (non-hydrogen) atoms. The summed E-state index contributed by atoms with van der Waals surface area (Å²) in [5.74, 6) is -0.493. The fraction of sp³-hybridized carbons (Fsp3) is 0.333. The lowest BCUT2D eigenvalue weighted by atomic mass is 9.96. The summed E-state index contributed by atoms with van der Waals surface area (Å²) in [6, 6.07) is 10.9. The maximum absolute atomic E-state index is 11.8. The standard InChI is InChI=1S/C12H11NO3/c1-2-15-11(14)12(10(8-13)16-12)9-6-4-3-5-7-9/h3-7,10H,2H2,1H3. The highest BCUT2D eigenvalue weighted by Crippen LogP contribution is 2.46. The number of nitriles is 1. The summed E-state index contributed by atoms with van der Waals surface area (Å²) in [7, 11) is 0. The minimum absolute atomic E-state index is 0.273. The Labute approximate surface area is 93.4 Å². The summed E-state index contributed by atoms with van der Waals surface area (Å²) in [6.45, 7) is 2.00. The Morgan fingerprint density at radius 1 is 1.56 bits per heavy atom. The predicted octanol–water partition coefficient (Wildman–Crippen LogP) is 1.37. The molecule has 4 heteroatoms. The van der Waals surface area contributed by atoms with Crippen LogP contribution in [0.2, 0.25) is 0 Å². The second kappa shape index (κ2) is 3.95. The fourth-order valence-corrected chi connectivity index (χ4v) is 1.69. The third kappa shape index (κ3) is 1.46. The Balaban J connectivity index is 2.33. The summed E-state index contributed by atoms with van der Waals surface area (Å²) in [6.07, 6.45) is -0.742. The molecule has 1 saturated heterocycles. The van der Waals surface area contributed by atoms with Crippen LogP contribution >= 0.6 is 0 Å². The molecule has 1 aromatic carbocycles. The normalized spacial score (nSPS) is 26.9. The molecule has 2 atom stereocenters. The first-order chi connectivity index (χ1) is 7.75. The molecule has 0 spiro atoms. The summed E-state index contributed by atoms with van der Waals surface area (Å²) in [5, 5.41) is 8.84. The lowest BCUT2D eigenvalue weighted by Gasteiger charge is -2.10. The number of carbonyl (C=O) groups is 1. The molecule has 0 amide bonds. The molecular formula is C12H11NO3. The fourth-order valence-electron chi connectivity index (χ4n) is 1.69. The van der Waals surface area contributed by atoms with Gasteiger partial charge in [-0.2, -0.15) is 5.26 Å². The van der Waals surface area contributed by atoms with Crippen LogP contribution in [0.5, 0.6) is 0 Å². The first-order valence-corrected chi connectivity index (χ1v) is 5.06. The highest BCUT2D eigenvalue weighted by molar-refractivity contribution is 5.86. The number of hydrogen-bond donors (Lipinski definition) is 0. The van der Waals surface area contributed by atoms with Gasteiger partial charge in [-0.15, -0.1) is 0 Å². The number of carbonyl (C=O) groups excluding carboxylic acids is 1. The van der Waals surface area contributed by atoms with Crippen molar-refractivity contribution in [3.8, 4) is 6.07 Å². The van der Waals surface area contributed by atoms with Crippen LogP contribution in [0.1, 0.15) is 12.5 Å². The molecule has 1 aliphatic heterocycles. The number of rotatable bonds is 3. The Hall–Kier alpha value is -1.86. The zero-order chi connectivity index (χ0) is 11.6. The van der Waals surface area contributed by atoms with E-state index in [0.29, 0.717) is 5.56 Å². The van der Waals surface area contributed by atoms with Gasteiger partial charge in [-0.05, 0) is 12.5 Å². The van der Waals surface area contributed by atoms with Crippen LogP contribution in [0.15, 0.2) is 30.3 Å². The van der Waals surface area contributed by atoms with Crippen molar-refractivity contribution in [2.75, 3.05) is 6.61 Å². The van der Waals surface area contributed by atoms with Gasteiger partial charge in [0.05, 0.1) is 12.7 Å². The Kier molecular flexibility index (Phi) is 2.63. The van der Waals surface area contributed by atoms with Crippen LogP contribution < -0.4 is 0 Å². The number of ether oxygens (including phenoxy) is 2. The average molecular weight is 217 g/mol. The first kappa shape index (κ1) is 10.7. The van der Waals surface area contributed by atoms with Gasteiger partial charge in [-0.25, -0.2) is 4.79 Å². The zero-order valence-corrected chi connectivity index (χ0v) is 8.84. The van der Waals surface area contributed by atoms with Crippen molar-refractivity contribution in [2.45, 2.75) is 18.6 Å². The Morgan fingerprint density at radius 3 is 2.75 bits per heavy atom. The van der Waals surface area contributed by atoms with Gasteiger partial charge >= 0.3 is 5.97 Å². The summed E-state index contributed by atoms with van der Waals surface area (Å²) in [5.41, 5.74) is -0.536. The molecular weight excluding hydrogens is 206 g/mol. The number of esters is 1. The van der Waals surface area contributed by atoms with E-state index >= 15 is 0 Å². The lowest BCUT2D eigenvalue weighted by Crippen LogP contribution is -2.27.